The summed E-state index contributed by atoms with van der Waals surface area (Å²) in [5.74, 6) is -0.841. The molecule has 32 heavy (non-hydrogen) atoms. The fraction of sp³-hybridized carbons (Fsp3) is 0.227. The molecule has 1 aromatic heterocycles. The Balaban J connectivity index is 1.83. The summed E-state index contributed by atoms with van der Waals surface area (Å²) >= 11 is 6.30. The highest BCUT2D eigenvalue weighted by molar-refractivity contribution is 7.92. The van der Waals surface area contributed by atoms with Crippen molar-refractivity contribution in [1.29, 1.82) is 0 Å². The van der Waals surface area contributed by atoms with Crippen LogP contribution >= 0.6 is 11.6 Å². The van der Waals surface area contributed by atoms with E-state index in [9.17, 15) is 18.6 Å². The Hall–Kier alpha value is -2.85. The van der Waals surface area contributed by atoms with Gasteiger partial charge < -0.3 is 14.9 Å². The van der Waals surface area contributed by atoms with Crippen molar-refractivity contribution in [2.75, 3.05) is 26.3 Å². The second-order valence-electron chi connectivity index (χ2n) is 7.24. The van der Waals surface area contributed by atoms with E-state index in [1.807, 2.05) is 0 Å². The number of sulfone groups is 1. The molecule has 1 aliphatic rings. The minimum atomic E-state index is -4.06. The summed E-state index contributed by atoms with van der Waals surface area (Å²) in [5, 5.41) is 24.7. The lowest BCUT2D eigenvalue weighted by Crippen LogP contribution is -2.46. The summed E-state index contributed by atoms with van der Waals surface area (Å²) in [6.07, 6.45) is 2.85. The van der Waals surface area contributed by atoms with Crippen LogP contribution in [0.1, 0.15) is 0 Å². The van der Waals surface area contributed by atoms with Gasteiger partial charge in [-0.15, -0.1) is 6.58 Å². The zero-order valence-corrected chi connectivity index (χ0v) is 18.6. The summed E-state index contributed by atoms with van der Waals surface area (Å²) < 4.78 is 33.8. The molecule has 2 N–H and O–H groups in total. The zero-order chi connectivity index (χ0) is 22.9. The van der Waals surface area contributed by atoms with Crippen LogP contribution in [0.4, 0.5) is 0 Å². The first-order valence-electron chi connectivity index (χ1n) is 9.88. The van der Waals surface area contributed by atoms with Gasteiger partial charge in [-0.2, -0.15) is 5.10 Å². The van der Waals surface area contributed by atoms with E-state index in [4.69, 9.17) is 16.3 Å². The number of phenolic OH excluding ortho intramolecular Hbond substituents is 2. The molecule has 0 amide bonds. The number of benzene rings is 2. The lowest BCUT2D eigenvalue weighted by Gasteiger charge is -2.32. The van der Waals surface area contributed by atoms with Gasteiger partial charge >= 0.3 is 0 Å². The molecule has 10 heteroatoms. The topological polar surface area (TPSA) is 105 Å². The van der Waals surface area contributed by atoms with Crippen molar-refractivity contribution in [2.24, 2.45) is 0 Å². The Kier molecular flexibility index (Phi) is 6.25. The minimum absolute atomic E-state index is 0.184. The number of nitrogens with zero attached hydrogens (tertiary/aromatic N) is 3. The summed E-state index contributed by atoms with van der Waals surface area (Å²) in [6.45, 7) is 5.34. The summed E-state index contributed by atoms with van der Waals surface area (Å²) in [7, 11) is -4.06. The summed E-state index contributed by atoms with van der Waals surface area (Å²) in [4.78, 5) is 1.42. The molecule has 0 saturated carbocycles. The van der Waals surface area contributed by atoms with E-state index in [-0.39, 0.29) is 16.2 Å². The Morgan fingerprint density at radius 3 is 2.53 bits per heavy atom. The fourth-order valence-electron chi connectivity index (χ4n) is 3.75. The first-order chi connectivity index (χ1) is 15.3. The normalized spacial score (nSPS) is 16.0. The highest BCUT2D eigenvalue weighted by atomic mass is 35.5. The van der Waals surface area contributed by atoms with E-state index in [1.54, 1.807) is 35.2 Å². The van der Waals surface area contributed by atoms with Crippen molar-refractivity contribution in [2.45, 2.75) is 10.3 Å². The summed E-state index contributed by atoms with van der Waals surface area (Å²) in [5.41, 5.74) is 1.15. The number of hydrogen-bond acceptors (Lipinski definition) is 7. The van der Waals surface area contributed by atoms with Gasteiger partial charge in [-0.1, -0.05) is 29.8 Å². The number of phenols is 2. The second kappa shape index (κ2) is 8.95. The van der Waals surface area contributed by atoms with Crippen molar-refractivity contribution < 1.29 is 23.4 Å². The molecule has 8 nitrogen and oxygen atoms in total. The van der Waals surface area contributed by atoms with Gasteiger partial charge in [0.15, 0.2) is 0 Å². The van der Waals surface area contributed by atoms with Gasteiger partial charge in [-0.3, -0.25) is 4.90 Å². The minimum Gasteiger partial charge on any atom is -0.507 e. The maximum atomic E-state index is 13.5. The average Bonchev–Trinajstić information content (AvgIpc) is 3.24. The van der Waals surface area contributed by atoms with Gasteiger partial charge in [0.1, 0.15) is 21.8 Å². The van der Waals surface area contributed by atoms with Crippen LogP contribution in [0, 0.1) is 0 Å². The molecule has 4 rings (SSSR count). The number of aromatic nitrogens is 2. The molecular weight excluding hydrogens is 454 g/mol. The zero-order valence-electron chi connectivity index (χ0n) is 17.1. The number of ether oxygens (including phenoxy) is 1. The smallest absolute Gasteiger partial charge is 0.201 e. The van der Waals surface area contributed by atoms with E-state index < -0.39 is 21.0 Å². The van der Waals surface area contributed by atoms with E-state index in [0.29, 0.717) is 42.7 Å². The highest BCUT2D eigenvalue weighted by Crippen LogP contribution is 2.39. The molecule has 0 radical (unpaired) electrons. The summed E-state index contributed by atoms with van der Waals surface area (Å²) in [6, 6.07) is 10.9. The molecule has 1 unspecified atom stereocenters. The maximum absolute atomic E-state index is 13.5. The molecule has 168 valence electrons. The van der Waals surface area contributed by atoms with Gasteiger partial charge in [0.05, 0.1) is 35.8 Å². The average molecular weight is 476 g/mol. The van der Waals surface area contributed by atoms with Gasteiger partial charge in [-0.05, 0) is 24.3 Å². The van der Waals surface area contributed by atoms with Crippen molar-refractivity contribution >= 4 is 21.4 Å². The number of rotatable bonds is 6. The predicted molar refractivity (Wildman–Crippen MR) is 121 cm³/mol. The SMILES string of the molecule is C=CC(N1CCOCC1)S(=O)(=O)c1cc(-c2ccnn2-c2ccccc2Cl)c(O)cc1O. The first-order valence-corrected chi connectivity index (χ1v) is 11.8. The van der Waals surface area contributed by atoms with Crippen LogP contribution in [0.2, 0.25) is 5.02 Å². The number of halogens is 1. The van der Waals surface area contributed by atoms with Gasteiger partial charge in [-0.25, -0.2) is 13.1 Å². The largest absolute Gasteiger partial charge is 0.507 e. The fourth-order valence-corrected chi connectivity index (χ4v) is 5.71. The van der Waals surface area contributed by atoms with Crippen LogP contribution in [-0.2, 0) is 14.6 Å². The van der Waals surface area contributed by atoms with Crippen LogP contribution in [-0.4, -0.2) is 65.0 Å². The predicted octanol–water partition coefficient (Wildman–Crippen LogP) is 3.22. The second-order valence-corrected chi connectivity index (χ2v) is 9.66. The van der Waals surface area contributed by atoms with Crippen LogP contribution in [0.25, 0.3) is 16.9 Å². The Labute approximate surface area is 190 Å². The van der Waals surface area contributed by atoms with E-state index >= 15 is 0 Å². The van der Waals surface area contributed by atoms with Crippen LogP contribution in [0.3, 0.4) is 0 Å². The van der Waals surface area contributed by atoms with Gasteiger partial charge in [0, 0.05) is 24.7 Å². The third kappa shape index (κ3) is 4.00. The molecule has 0 aliphatic carbocycles. The highest BCUT2D eigenvalue weighted by Gasteiger charge is 2.34. The monoisotopic (exact) mass is 475 g/mol. The molecule has 0 bridgehead atoms. The Morgan fingerprint density at radius 2 is 1.84 bits per heavy atom. The standard InChI is InChI=1S/C22H22ClN3O5S/c1-2-22(25-9-11-31-12-10-25)32(29,30)21-13-15(19(27)14-20(21)28)17-7-8-24-26(17)18-6-4-3-5-16(18)23/h2-8,13-14,22,27-28H,1,9-12H2. The molecule has 1 aliphatic heterocycles. The van der Waals surface area contributed by atoms with E-state index in [2.05, 4.69) is 11.7 Å². The quantitative estimate of drug-likeness (QED) is 0.527. The van der Waals surface area contributed by atoms with E-state index in [1.165, 1.54) is 23.0 Å². The maximum Gasteiger partial charge on any atom is 0.201 e. The molecule has 2 aromatic carbocycles. The molecular formula is C22H22ClN3O5S. The van der Waals surface area contributed by atoms with E-state index in [0.717, 1.165) is 6.07 Å². The third-order valence-corrected chi connectivity index (χ3v) is 7.69. The molecule has 1 fully saturated rings. The van der Waals surface area contributed by atoms with Crippen molar-refractivity contribution in [3.8, 4) is 28.4 Å². The lowest BCUT2D eigenvalue weighted by molar-refractivity contribution is 0.0374. The molecule has 3 aromatic rings. The van der Waals surface area contributed by atoms with Crippen LogP contribution in [0.5, 0.6) is 11.5 Å². The van der Waals surface area contributed by atoms with Crippen molar-refractivity contribution in [1.82, 2.24) is 14.7 Å². The molecule has 0 spiro atoms. The van der Waals surface area contributed by atoms with Crippen molar-refractivity contribution in [3.63, 3.8) is 0 Å². The molecule has 1 atom stereocenters. The number of morpholine rings is 1. The van der Waals surface area contributed by atoms with Gasteiger partial charge in [0.2, 0.25) is 9.84 Å². The number of hydrogen-bond donors (Lipinski definition) is 2. The lowest BCUT2D eigenvalue weighted by atomic mass is 10.1. The van der Waals surface area contributed by atoms with Gasteiger partial charge in [0.25, 0.3) is 0 Å². The Morgan fingerprint density at radius 1 is 1.12 bits per heavy atom. The molecule has 2 heterocycles. The first kappa shape index (κ1) is 22.3. The van der Waals surface area contributed by atoms with Crippen LogP contribution < -0.4 is 0 Å². The third-order valence-electron chi connectivity index (χ3n) is 5.31. The molecule has 1 saturated heterocycles. The van der Waals surface area contributed by atoms with Crippen molar-refractivity contribution in [3.05, 3.63) is 66.3 Å². The van der Waals surface area contributed by atoms with Crippen LogP contribution in [0.15, 0.2) is 66.2 Å². The number of aromatic hydroxyl groups is 2. The Bertz CT molecular complexity index is 1250. The number of para-hydroxylation sites is 1.